The first-order valence-corrected chi connectivity index (χ1v) is 9.30. The van der Waals surface area contributed by atoms with Crippen LogP contribution in [0.4, 0.5) is 10.1 Å². The lowest BCUT2D eigenvalue weighted by Crippen LogP contribution is -2.43. The summed E-state index contributed by atoms with van der Waals surface area (Å²) < 4.78 is 16.9. The van der Waals surface area contributed by atoms with Crippen LogP contribution in [-0.2, 0) is 6.42 Å². The molecular weight excluding hydrogens is 351 g/mol. The molecule has 4 rings (SSSR count). The van der Waals surface area contributed by atoms with Crippen LogP contribution in [0.25, 0.3) is 10.9 Å². The number of hydrogen-bond acceptors (Lipinski definition) is 4. The van der Waals surface area contributed by atoms with Crippen molar-refractivity contribution in [2.24, 2.45) is 0 Å². The maximum absolute atomic E-state index is 15.1. The fourth-order valence-corrected chi connectivity index (χ4v) is 4.34. The fraction of sp³-hybridized carbons (Fsp3) is 0.500. The second-order valence-electron chi connectivity index (χ2n) is 8.04. The molecule has 0 spiro atoms. The zero-order chi connectivity index (χ0) is 19.5. The number of nitrogens with zero attached hydrogens (tertiary/aromatic N) is 2. The topological polar surface area (TPSA) is 82.8 Å². The number of rotatable bonds is 2. The van der Waals surface area contributed by atoms with Gasteiger partial charge in [0.15, 0.2) is 0 Å². The fourth-order valence-electron chi connectivity index (χ4n) is 4.34. The van der Waals surface area contributed by atoms with E-state index < -0.39 is 22.8 Å². The first-order chi connectivity index (χ1) is 12.7. The Morgan fingerprint density at radius 1 is 1.33 bits per heavy atom. The van der Waals surface area contributed by atoms with E-state index in [1.165, 1.54) is 12.3 Å². The Kier molecular flexibility index (Phi) is 4.03. The monoisotopic (exact) mass is 374 g/mol. The van der Waals surface area contributed by atoms with Gasteiger partial charge in [0.05, 0.1) is 16.8 Å². The molecule has 1 aromatic carbocycles. The zero-order valence-corrected chi connectivity index (χ0v) is 15.5. The number of hydrogen-bond donors (Lipinski definition) is 2. The summed E-state index contributed by atoms with van der Waals surface area (Å²) in [6, 6.07) is 1.21. The second-order valence-corrected chi connectivity index (χ2v) is 8.04. The molecule has 6 nitrogen and oxygen atoms in total. The molecule has 3 heterocycles. The summed E-state index contributed by atoms with van der Waals surface area (Å²) >= 11 is 0. The number of piperidine rings is 1. The molecular formula is C20H23FN2O4. The van der Waals surface area contributed by atoms with E-state index in [0.29, 0.717) is 43.6 Å². The highest BCUT2D eigenvalue weighted by molar-refractivity contribution is 5.95. The van der Waals surface area contributed by atoms with E-state index in [1.54, 1.807) is 6.92 Å². The number of carbonyl (C=O) groups is 1. The highest BCUT2D eigenvalue weighted by Gasteiger charge is 2.32. The molecule has 7 heteroatoms. The van der Waals surface area contributed by atoms with Gasteiger partial charge in [0.2, 0.25) is 5.43 Å². The molecule has 2 aliphatic rings. The van der Waals surface area contributed by atoms with E-state index in [-0.39, 0.29) is 17.0 Å². The maximum Gasteiger partial charge on any atom is 0.341 e. The summed E-state index contributed by atoms with van der Waals surface area (Å²) in [4.78, 5) is 26.0. The molecule has 0 unspecified atom stereocenters. The van der Waals surface area contributed by atoms with E-state index >= 15 is 4.39 Å². The molecule has 0 aliphatic carbocycles. The summed E-state index contributed by atoms with van der Waals surface area (Å²) in [6.45, 7) is 4.84. The Hall–Kier alpha value is -2.41. The highest BCUT2D eigenvalue weighted by Crippen LogP contribution is 2.39. The quantitative estimate of drug-likeness (QED) is 0.845. The van der Waals surface area contributed by atoms with Crippen molar-refractivity contribution in [2.45, 2.75) is 51.2 Å². The number of carboxylic acids is 1. The molecule has 1 aromatic heterocycles. The minimum Gasteiger partial charge on any atom is -0.477 e. The van der Waals surface area contributed by atoms with Gasteiger partial charge in [0.25, 0.3) is 0 Å². The third kappa shape index (κ3) is 2.81. The predicted octanol–water partition coefficient (Wildman–Crippen LogP) is 2.70. The highest BCUT2D eigenvalue weighted by atomic mass is 19.1. The Morgan fingerprint density at radius 3 is 2.63 bits per heavy atom. The lowest BCUT2D eigenvalue weighted by Gasteiger charge is -2.39. The maximum atomic E-state index is 15.1. The molecule has 0 bridgehead atoms. The number of pyridine rings is 1. The third-order valence-corrected chi connectivity index (χ3v) is 6.01. The van der Waals surface area contributed by atoms with Crippen LogP contribution in [0.2, 0.25) is 0 Å². The Morgan fingerprint density at radius 2 is 2.00 bits per heavy atom. The molecule has 27 heavy (non-hydrogen) atoms. The largest absolute Gasteiger partial charge is 0.477 e. The van der Waals surface area contributed by atoms with Gasteiger partial charge in [-0.3, -0.25) is 4.79 Å². The molecule has 1 saturated heterocycles. The number of aromatic nitrogens is 1. The van der Waals surface area contributed by atoms with Crippen LogP contribution in [0.3, 0.4) is 0 Å². The van der Waals surface area contributed by atoms with Gasteiger partial charge in [-0.15, -0.1) is 0 Å². The summed E-state index contributed by atoms with van der Waals surface area (Å²) in [7, 11) is 0. The predicted molar refractivity (Wildman–Crippen MR) is 100 cm³/mol. The number of aromatic carboxylic acids is 1. The molecule has 0 radical (unpaired) electrons. The van der Waals surface area contributed by atoms with Crippen LogP contribution in [0.5, 0.6) is 0 Å². The van der Waals surface area contributed by atoms with Crippen molar-refractivity contribution in [1.29, 1.82) is 0 Å². The van der Waals surface area contributed by atoms with Crippen molar-refractivity contribution in [1.82, 2.24) is 4.57 Å². The van der Waals surface area contributed by atoms with Gasteiger partial charge in [-0.25, -0.2) is 9.18 Å². The molecule has 144 valence electrons. The Labute approximate surface area is 155 Å². The van der Waals surface area contributed by atoms with Gasteiger partial charge in [-0.1, -0.05) is 0 Å². The molecule has 2 aromatic rings. The summed E-state index contributed by atoms with van der Waals surface area (Å²) in [5.41, 5.74) is 0.172. The minimum atomic E-state index is -1.30. The molecule has 1 fully saturated rings. The number of carboxylic acid groups (broad SMARTS) is 1. The lowest BCUT2D eigenvalue weighted by atomic mass is 9.90. The van der Waals surface area contributed by atoms with Gasteiger partial charge < -0.3 is 19.7 Å². The van der Waals surface area contributed by atoms with Crippen LogP contribution in [0, 0.1) is 5.82 Å². The van der Waals surface area contributed by atoms with Crippen LogP contribution >= 0.6 is 0 Å². The SMILES string of the molecule is C[C@H]1CCc2c(N3CCC(C)(O)CC3)c(F)cc3c(=O)c(C(=O)O)cn1c23. The lowest BCUT2D eigenvalue weighted by molar-refractivity contribution is 0.0350. The van der Waals surface area contributed by atoms with Gasteiger partial charge in [-0.05, 0) is 45.6 Å². The molecule has 1 atom stereocenters. The Bertz CT molecular complexity index is 1000. The van der Waals surface area contributed by atoms with Crippen molar-refractivity contribution in [3.05, 3.63) is 39.4 Å². The number of aliphatic hydroxyl groups is 1. The first kappa shape index (κ1) is 18.0. The van der Waals surface area contributed by atoms with Crippen molar-refractivity contribution in [2.75, 3.05) is 18.0 Å². The van der Waals surface area contributed by atoms with Crippen LogP contribution in [0.15, 0.2) is 17.1 Å². The minimum absolute atomic E-state index is 0.0269. The van der Waals surface area contributed by atoms with Crippen LogP contribution in [-0.4, -0.2) is 39.4 Å². The average Bonchev–Trinajstić information content (AvgIpc) is 2.60. The molecule has 0 saturated carbocycles. The summed E-state index contributed by atoms with van der Waals surface area (Å²) in [5.74, 6) is -1.80. The Balaban J connectivity index is 1.97. The normalized spacial score (nSPS) is 21.5. The van der Waals surface area contributed by atoms with Crippen molar-refractivity contribution in [3.8, 4) is 0 Å². The van der Waals surface area contributed by atoms with E-state index in [1.807, 2.05) is 16.4 Å². The van der Waals surface area contributed by atoms with E-state index in [0.717, 1.165) is 12.0 Å². The molecule has 0 amide bonds. The summed E-state index contributed by atoms with van der Waals surface area (Å²) in [6.07, 6.45) is 3.86. The third-order valence-electron chi connectivity index (χ3n) is 6.01. The van der Waals surface area contributed by atoms with Crippen LogP contribution < -0.4 is 10.3 Å². The average molecular weight is 374 g/mol. The van der Waals surface area contributed by atoms with E-state index in [4.69, 9.17) is 0 Å². The van der Waals surface area contributed by atoms with E-state index in [9.17, 15) is 19.8 Å². The van der Waals surface area contributed by atoms with Crippen molar-refractivity contribution in [3.63, 3.8) is 0 Å². The number of aryl methyl sites for hydroxylation is 1. The number of benzene rings is 1. The number of halogens is 1. The number of anilines is 1. The van der Waals surface area contributed by atoms with Crippen LogP contribution in [0.1, 0.15) is 55.1 Å². The smallest absolute Gasteiger partial charge is 0.341 e. The summed E-state index contributed by atoms with van der Waals surface area (Å²) in [5, 5.41) is 19.7. The van der Waals surface area contributed by atoms with Gasteiger partial charge in [0, 0.05) is 36.3 Å². The van der Waals surface area contributed by atoms with Crippen molar-refractivity contribution >= 4 is 22.6 Å². The zero-order valence-electron chi connectivity index (χ0n) is 15.5. The standard InChI is InChI=1S/C20H23FN2O4/c1-11-3-4-12-16-13(18(24)14(19(25)26)10-23(11)16)9-15(21)17(12)22-7-5-20(2,27)6-8-22/h9-11,27H,3-8H2,1-2H3,(H,25,26)/t11-/m0/s1. The van der Waals surface area contributed by atoms with E-state index in [2.05, 4.69) is 0 Å². The van der Waals surface area contributed by atoms with Gasteiger partial charge in [0.1, 0.15) is 11.4 Å². The second kappa shape index (κ2) is 6.05. The first-order valence-electron chi connectivity index (χ1n) is 9.30. The van der Waals surface area contributed by atoms with Gasteiger partial charge >= 0.3 is 5.97 Å². The molecule has 2 N–H and O–H groups in total. The van der Waals surface area contributed by atoms with Crippen molar-refractivity contribution < 1.29 is 19.4 Å². The molecule has 2 aliphatic heterocycles. The van der Waals surface area contributed by atoms with Gasteiger partial charge in [-0.2, -0.15) is 0 Å².